The predicted molar refractivity (Wildman–Crippen MR) is 21.5 cm³/mol. The molecular weight excluding hydrogens is 137 g/mol. The first-order valence-electron chi connectivity index (χ1n) is 2.45. The van der Waals surface area contributed by atoms with E-state index in [1.165, 1.54) is 0 Å². The second kappa shape index (κ2) is 2.15. The molecule has 0 amide bonds. The molecule has 1 atom stereocenters. The van der Waals surface area contributed by atoms with Crippen molar-refractivity contribution < 1.29 is 22.9 Å². The molecule has 54 valence electrons. The molecule has 0 aromatic heterocycles. The monoisotopic (exact) mass is 142 g/mol. The Labute approximate surface area is 49.5 Å². The third-order valence-electron chi connectivity index (χ3n) is 0.989. The zero-order valence-electron chi connectivity index (χ0n) is 4.44. The molecule has 0 aliphatic carbocycles. The van der Waals surface area contributed by atoms with Crippen LogP contribution in [-0.4, -0.2) is 18.9 Å². The van der Waals surface area contributed by atoms with Crippen LogP contribution in [0.4, 0.5) is 13.2 Å². The van der Waals surface area contributed by atoms with Gasteiger partial charge in [-0.15, -0.1) is 0 Å². The molecule has 1 aliphatic rings. The number of hydrogen-bond acceptors (Lipinski definition) is 2. The quantitative estimate of drug-likeness (QED) is 0.474. The Balaban J connectivity index is 2.49. The maximum Gasteiger partial charge on any atom is 0.411 e. The van der Waals surface area contributed by atoms with Crippen molar-refractivity contribution in [2.24, 2.45) is 0 Å². The summed E-state index contributed by atoms with van der Waals surface area (Å²) < 4.78 is 35.8. The first-order valence-corrected chi connectivity index (χ1v) is 2.45. The van der Waals surface area contributed by atoms with Crippen LogP contribution in [0, 0.1) is 0 Å². The summed E-state index contributed by atoms with van der Waals surface area (Å²) in [6.45, 7) is -0.114. The van der Waals surface area contributed by atoms with Crippen LogP contribution in [0.1, 0.15) is 6.42 Å². The van der Waals surface area contributed by atoms with Gasteiger partial charge in [0.25, 0.3) is 0 Å². The third kappa shape index (κ3) is 1.34. The molecule has 1 saturated heterocycles. The highest BCUT2D eigenvalue weighted by Crippen LogP contribution is 2.29. The summed E-state index contributed by atoms with van der Waals surface area (Å²) in [4.78, 5) is 7.23. The maximum absolute atomic E-state index is 12.0. The highest BCUT2D eigenvalue weighted by molar-refractivity contribution is 4.67. The molecule has 2 nitrogen and oxygen atoms in total. The van der Waals surface area contributed by atoms with Crippen LogP contribution in [0.2, 0.25) is 0 Å². The summed E-state index contributed by atoms with van der Waals surface area (Å²) in [5.74, 6) is 0. The number of halogens is 3. The first-order chi connectivity index (χ1) is 4.13. The lowest BCUT2D eigenvalue weighted by atomic mass is 10.2. The molecule has 0 radical (unpaired) electrons. The van der Waals surface area contributed by atoms with Gasteiger partial charge in [0.1, 0.15) is 0 Å². The highest BCUT2D eigenvalue weighted by atomic mass is 19.3. The Morgan fingerprint density at radius 2 is 2.11 bits per heavy atom. The summed E-state index contributed by atoms with van der Waals surface area (Å²) in [5.41, 5.74) is 0. The van der Waals surface area contributed by atoms with Gasteiger partial charge in [0.2, 0.25) is 0 Å². The molecule has 1 fully saturated rings. The Kier molecular flexibility index (Phi) is 1.63. The summed E-state index contributed by atoms with van der Waals surface area (Å²) in [6, 6.07) is 0. The van der Waals surface area contributed by atoms with E-state index < -0.39 is 12.3 Å². The van der Waals surface area contributed by atoms with Gasteiger partial charge < -0.3 is 0 Å². The Bertz CT molecular complexity index is 106. The summed E-state index contributed by atoms with van der Waals surface area (Å²) in [7, 11) is 0. The van der Waals surface area contributed by atoms with Gasteiger partial charge in [-0.1, -0.05) is 0 Å². The fourth-order valence-corrected chi connectivity index (χ4v) is 0.492. The minimum Gasteiger partial charge on any atom is -0.238 e. The summed E-state index contributed by atoms with van der Waals surface area (Å²) in [6.07, 6.45) is -6.29. The van der Waals surface area contributed by atoms with Gasteiger partial charge in [-0.2, -0.15) is 13.7 Å². The Morgan fingerprint density at radius 3 is 2.44 bits per heavy atom. The second-order valence-corrected chi connectivity index (χ2v) is 1.72. The van der Waals surface area contributed by atoms with Crippen molar-refractivity contribution in [3.05, 3.63) is 0 Å². The average molecular weight is 142 g/mol. The minimum atomic E-state index is -3.75. The molecule has 9 heavy (non-hydrogen) atoms. The molecule has 0 bridgehead atoms. The zero-order chi connectivity index (χ0) is 6.91. The number of rotatable bonds is 0. The SMILES string of the molecule is FC1CCOOC1(F)F. The summed E-state index contributed by atoms with van der Waals surface area (Å²) >= 11 is 0. The van der Waals surface area contributed by atoms with E-state index in [4.69, 9.17) is 0 Å². The van der Waals surface area contributed by atoms with Crippen molar-refractivity contribution in [2.45, 2.75) is 18.7 Å². The average Bonchev–Trinajstić information content (AvgIpc) is 1.77. The molecule has 1 heterocycles. The minimum absolute atomic E-state index is 0.114. The number of alkyl halides is 3. The van der Waals surface area contributed by atoms with E-state index in [0.717, 1.165) is 0 Å². The van der Waals surface area contributed by atoms with Crippen LogP contribution in [0.15, 0.2) is 0 Å². The smallest absolute Gasteiger partial charge is 0.238 e. The van der Waals surface area contributed by atoms with Crippen molar-refractivity contribution in [3.63, 3.8) is 0 Å². The van der Waals surface area contributed by atoms with Crippen LogP contribution < -0.4 is 0 Å². The lowest BCUT2D eigenvalue weighted by Crippen LogP contribution is -2.38. The molecule has 0 aromatic rings. The standard InChI is InChI=1S/C4H5F3O2/c5-3-1-2-8-9-4(3,6)7/h3H,1-2H2. The third-order valence-corrected chi connectivity index (χ3v) is 0.989. The van der Waals surface area contributed by atoms with Crippen molar-refractivity contribution >= 4 is 0 Å². The topological polar surface area (TPSA) is 18.5 Å². The molecule has 1 rings (SSSR count). The van der Waals surface area contributed by atoms with Gasteiger partial charge in [0, 0.05) is 6.42 Å². The molecular formula is C4H5F3O2. The van der Waals surface area contributed by atoms with Crippen molar-refractivity contribution in [1.82, 2.24) is 0 Å². The second-order valence-electron chi connectivity index (χ2n) is 1.72. The lowest BCUT2D eigenvalue weighted by molar-refractivity contribution is -0.474. The van der Waals surface area contributed by atoms with Crippen molar-refractivity contribution in [3.8, 4) is 0 Å². The molecule has 1 aliphatic heterocycles. The van der Waals surface area contributed by atoms with Gasteiger partial charge in [0.05, 0.1) is 6.61 Å². The van der Waals surface area contributed by atoms with Gasteiger partial charge in [-0.3, -0.25) is 0 Å². The van der Waals surface area contributed by atoms with Crippen molar-refractivity contribution in [2.75, 3.05) is 6.61 Å². The van der Waals surface area contributed by atoms with Crippen LogP contribution in [0.5, 0.6) is 0 Å². The lowest BCUT2D eigenvalue weighted by Gasteiger charge is -2.23. The fourth-order valence-electron chi connectivity index (χ4n) is 0.492. The van der Waals surface area contributed by atoms with E-state index in [1.807, 2.05) is 0 Å². The van der Waals surface area contributed by atoms with E-state index in [9.17, 15) is 13.2 Å². The molecule has 0 spiro atoms. The van der Waals surface area contributed by atoms with E-state index in [1.54, 1.807) is 0 Å². The number of hydrogen-bond donors (Lipinski definition) is 0. The van der Waals surface area contributed by atoms with Gasteiger partial charge >= 0.3 is 6.11 Å². The first kappa shape index (κ1) is 6.82. The Morgan fingerprint density at radius 1 is 1.44 bits per heavy atom. The molecule has 1 unspecified atom stereocenters. The molecule has 0 aromatic carbocycles. The van der Waals surface area contributed by atoms with E-state index in [0.29, 0.717) is 0 Å². The largest absolute Gasteiger partial charge is 0.411 e. The van der Waals surface area contributed by atoms with Crippen LogP contribution in [0.3, 0.4) is 0 Å². The molecule has 0 saturated carbocycles. The van der Waals surface area contributed by atoms with Gasteiger partial charge in [0.15, 0.2) is 6.17 Å². The van der Waals surface area contributed by atoms with E-state index in [-0.39, 0.29) is 13.0 Å². The van der Waals surface area contributed by atoms with E-state index >= 15 is 0 Å². The Hall–Kier alpha value is -0.290. The maximum atomic E-state index is 12.0. The van der Waals surface area contributed by atoms with Crippen LogP contribution in [-0.2, 0) is 9.78 Å². The van der Waals surface area contributed by atoms with Gasteiger partial charge in [-0.25, -0.2) is 9.28 Å². The van der Waals surface area contributed by atoms with Crippen molar-refractivity contribution in [1.29, 1.82) is 0 Å². The molecule has 0 N–H and O–H groups in total. The van der Waals surface area contributed by atoms with E-state index in [2.05, 4.69) is 9.78 Å². The zero-order valence-corrected chi connectivity index (χ0v) is 4.44. The van der Waals surface area contributed by atoms with Crippen LogP contribution >= 0.6 is 0 Å². The fraction of sp³-hybridized carbons (Fsp3) is 1.00. The predicted octanol–water partition coefficient (Wildman–Crippen LogP) is 1.27. The van der Waals surface area contributed by atoms with Gasteiger partial charge in [-0.05, 0) is 0 Å². The summed E-state index contributed by atoms with van der Waals surface area (Å²) in [5, 5.41) is 0. The molecule has 5 heteroatoms. The van der Waals surface area contributed by atoms with Crippen LogP contribution in [0.25, 0.3) is 0 Å². The normalized spacial score (nSPS) is 34.3. The highest BCUT2D eigenvalue weighted by Gasteiger charge is 2.45.